The van der Waals surface area contributed by atoms with Gasteiger partial charge in [-0.15, -0.1) is 13.2 Å². The van der Waals surface area contributed by atoms with Crippen LogP contribution in [0.5, 0.6) is 23.0 Å². The molecule has 0 spiro atoms. The fourth-order valence-corrected chi connectivity index (χ4v) is 3.03. The number of methoxy groups -OCH3 is 1. The van der Waals surface area contributed by atoms with Crippen molar-refractivity contribution in [3.63, 3.8) is 0 Å². The highest BCUT2D eigenvalue weighted by Crippen LogP contribution is 2.38. The number of rotatable bonds is 7. The normalized spacial score (nSPS) is 11.0. The highest BCUT2D eigenvalue weighted by molar-refractivity contribution is 6.31. The summed E-state index contributed by atoms with van der Waals surface area (Å²) in [6.07, 6.45) is -3.42. The zero-order chi connectivity index (χ0) is 25.0. The molecule has 3 rings (SSSR count). The Morgan fingerprint density at radius 2 is 1.74 bits per heavy atom. The van der Waals surface area contributed by atoms with E-state index < -0.39 is 18.0 Å². The highest BCUT2D eigenvalue weighted by atomic mass is 35.5. The lowest BCUT2D eigenvalue weighted by Gasteiger charge is -2.16. The van der Waals surface area contributed by atoms with Gasteiger partial charge in [0, 0.05) is 29.9 Å². The number of anilines is 1. The second kappa shape index (κ2) is 10.0. The lowest BCUT2D eigenvalue weighted by Crippen LogP contribution is -2.17. The number of hydrogen-bond acceptors (Lipinski definition) is 6. The SMILES string of the molecule is COc1cc(OC(F)(F)F)ccc1Oc1ccc(Cl)cc1C(=O)Nc1cc(C(C)=O)ncc1C. The van der Waals surface area contributed by atoms with Gasteiger partial charge in [0.2, 0.25) is 0 Å². The summed E-state index contributed by atoms with van der Waals surface area (Å²) in [5.74, 6) is -1.33. The first kappa shape index (κ1) is 24.8. The predicted octanol–water partition coefficient (Wildman–Crippen LogP) is 6.20. The van der Waals surface area contributed by atoms with Gasteiger partial charge < -0.3 is 19.5 Å². The molecule has 1 heterocycles. The van der Waals surface area contributed by atoms with Gasteiger partial charge >= 0.3 is 6.36 Å². The Morgan fingerprint density at radius 1 is 1.03 bits per heavy atom. The minimum absolute atomic E-state index is 0.0331. The molecule has 2 aromatic carbocycles. The van der Waals surface area contributed by atoms with Crippen LogP contribution in [0, 0.1) is 6.92 Å². The van der Waals surface area contributed by atoms with Gasteiger partial charge in [-0.05, 0) is 48.9 Å². The van der Waals surface area contributed by atoms with E-state index in [2.05, 4.69) is 15.0 Å². The van der Waals surface area contributed by atoms with Gasteiger partial charge in [-0.1, -0.05) is 11.6 Å². The Balaban J connectivity index is 1.92. The predicted molar refractivity (Wildman–Crippen MR) is 118 cm³/mol. The summed E-state index contributed by atoms with van der Waals surface area (Å²) < 4.78 is 52.3. The van der Waals surface area contributed by atoms with E-state index >= 15 is 0 Å². The zero-order valence-corrected chi connectivity index (χ0v) is 18.9. The summed E-state index contributed by atoms with van der Waals surface area (Å²) in [4.78, 5) is 28.7. The van der Waals surface area contributed by atoms with E-state index in [0.29, 0.717) is 11.3 Å². The van der Waals surface area contributed by atoms with E-state index in [1.165, 1.54) is 50.6 Å². The van der Waals surface area contributed by atoms with Crippen LogP contribution in [0.1, 0.15) is 33.3 Å². The third-order valence-corrected chi connectivity index (χ3v) is 4.72. The van der Waals surface area contributed by atoms with Crippen LogP contribution in [0.25, 0.3) is 0 Å². The van der Waals surface area contributed by atoms with Crippen molar-refractivity contribution in [3.05, 3.63) is 70.5 Å². The van der Waals surface area contributed by atoms with Gasteiger partial charge in [0.25, 0.3) is 5.91 Å². The molecule has 0 aliphatic rings. The Hall–Kier alpha value is -3.79. The van der Waals surface area contributed by atoms with Crippen LogP contribution in [0.15, 0.2) is 48.7 Å². The highest BCUT2D eigenvalue weighted by Gasteiger charge is 2.31. The first-order valence-corrected chi connectivity index (χ1v) is 10.0. The molecule has 0 unspecified atom stereocenters. The van der Waals surface area contributed by atoms with Crippen molar-refractivity contribution in [2.24, 2.45) is 0 Å². The minimum Gasteiger partial charge on any atom is -0.493 e. The van der Waals surface area contributed by atoms with E-state index in [4.69, 9.17) is 21.1 Å². The first-order valence-electron chi connectivity index (χ1n) is 9.67. The van der Waals surface area contributed by atoms with Crippen LogP contribution >= 0.6 is 11.6 Å². The molecule has 0 bridgehead atoms. The number of nitrogens with zero attached hydrogens (tertiary/aromatic N) is 1. The number of Topliss-reactive ketones (excluding diaryl/α,β-unsaturated/α-hetero) is 1. The number of carbonyl (C=O) groups excluding carboxylic acids is 2. The van der Waals surface area contributed by atoms with E-state index in [1.54, 1.807) is 6.92 Å². The number of aromatic nitrogens is 1. The number of hydrogen-bond donors (Lipinski definition) is 1. The van der Waals surface area contributed by atoms with E-state index in [1.807, 2.05) is 0 Å². The summed E-state index contributed by atoms with van der Waals surface area (Å²) in [6.45, 7) is 3.06. The van der Waals surface area contributed by atoms with Crippen molar-refractivity contribution in [1.29, 1.82) is 0 Å². The Bertz CT molecular complexity index is 1250. The lowest BCUT2D eigenvalue weighted by molar-refractivity contribution is -0.274. The van der Waals surface area contributed by atoms with Crippen molar-refractivity contribution >= 4 is 29.0 Å². The van der Waals surface area contributed by atoms with Gasteiger partial charge in [0.15, 0.2) is 17.3 Å². The number of ketones is 1. The molecule has 1 N–H and O–H groups in total. The molecule has 1 aromatic heterocycles. The molecule has 0 atom stereocenters. The summed E-state index contributed by atoms with van der Waals surface area (Å²) in [5.41, 5.74) is 1.19. The van der Waals surface area contributed by atoms with Crippen molar-refractivity contribution in [3.8, 4) is 23.0 Å². The van der Waals surface area contributed by atoms with Gasteiger partial charge in [-0.3, -0.25) is 14.6 Å². The molecule has 7 nitrogen and oxygen atoms in total. The number of aryl methyl sites for hydroxylation is 1. The summed E-state index contributed by atoms with van der Waals surface area (Å²) >= 11 is 6.07. The number of carbonyl (C=O) groups is 2. The quantitative estimate of drug-likeness (QED) is 0.394. The molecule has 0 aliphatic carbocycles. The molecule has 0 radical (unpaired) electrons. The number of pyridine rings is 1. The smallest absolute Gasteiger partial charge is 0.493 e. The summed E-state index contributed by atoms with van der Waals surface area (Å²) in [7, 11) is 1.24. The third kappa shape index (κ3) is 6.16. The largest absolute Gasteiger partial charge is 0.573 e. The van der Waals surface area contributed by atoms with Crippen LogP contribution in [0.3, 0.4) is 0 Å². The number of alkyl halides is 3. The first-order chi connectivity index (χ1) is 16.0. The molecule has 0 saturated heterocycles. The topological polar surface area (TPSA) is 86.8 Å². The fourth-order valence-electron chi connectivity index (χ4n) is 2.86. The van der Waals surface area contributed by atoms with Gasteiger partial charge in [0.05, 0.1) is 12.7 Å². The maximum absolute atomic E-state index is 13.0. The molecule has 0 saturated carbocycles. The molecule has 1 amide bonds. The summed E-state index contributed by atoms with van der Waals surface area (Å²) in [6, 6.07) is 8.98. The minimum atomic E-state index is -4.87. The van der Waals surface area contributed by atoms with Gasteiger partial charge in [-0.25, -0.2) is 0 Å². The van der Waals surface area contributed by atoms with Crippen LogP contribution in [0.4, 0.5) is 18.9 Å². The lowest BCUT2D eigenvalue weighted by atomic mass is 10.1. The number of benzene rings is 2. The molecule has 0 fully saturated rings. The molecule has 3 aromatic rings. The standard InChI is InChI=1S/C23H18ClF3N2O5/c1-12-11-28-18(13(2)30)10-17(12)29-22(31)16-8-14(24)4-6-19(16)33-20-7-5-15(9-21(20)32-3)34-23(25,26)27/h4-11H,1-3H3,(H,28,29,31). The Labute approximate surface area is 197 Å². The molecule has 11 heteroatoms. The van der Waals surface area contributed by atoms with Crippen molar-refractivity contribution in [2.45, 2.75) is 20.2 Å². The fraction of sp³-hybridized carbons (Fsp3) is 0.174. The molecular weight excluding hydrogens is 477 g/mol. The van der Waals surface area contributed by atoms with Crippen molar-refractivity contribution in [1.82, 2.24) is 4.98 Å². The maximum atomic E-state index is 13.0. The maximum Gasteiger partial charge on any atom is 0.573 e. The van der Waals surface area contributed by atoms with Gasteiger partial charge in [0.1, 0.15) is 17.2 Å². The number of amides is 1. The number of ether oxygens (including phenoxy) is 3. The molecule has 178 valence electrons. The number of nitrogens with one attached hydrogen (secondary N) is 1. The van der Waals surface area contributed by atoms with Crippen molar-refractivity contribution < 1.29 is 37.0 Å². The molecule has 34 heavy (non-hydrogen) atoms. The third-order valence-electron chi connectivity index (χ3n) is 4.49. The average molecular weight is 495 g/mol. The zero-order valence-electron chi connectivity index (χ0n) is 18.1. The number of halogens is 4. The van der Waals surface area contributed by atoms with Crippen LogP contribution in [-0.4, -0.2) is 30.1 Å². The second-order valence-electron chi connectivity index (χ2n) is 7.00. The van der Waals surface area contributed by atoms with Crippen LogP contribution in [0.2, 0.25) is 5.02 Å². The van der Waals surface area contributed by atoms with Crippen LogP contribution < -0.4 is 19.5 Å². The van der Waals surface area contributed by atoms with E-state index in [9.17, 15) is 22.8 Å². The monoisotopic (exact) mass is 494 g/mol. The van der Waals surface area contributed by atoms with E-state index in [0.717, 1.165) is 12.1 Å². The average Bonchev–Trinajstić information content (AvgIpc) is 2.76. The summed E-state index contributed by atoms with van der Waals surface area (Å²) in [5, 5.41) is 2.94. The molecular formula is C23H18ClF3N2O5. The Kier molecular flexibility index (Phi) is 7.31. The van der Waals surface area contributed by atoms with Crippen LogP contribution in [-0.2, 0) is 0 Å². The van der Waals surface area contributed by atoms with Gasteiger partial charge in [-0.2, -0.15) is 0 Å². The second-order valence-corrected chi connectivity index (χ2v) is 7.43. The Morgan fingerprint density at radius 3 is 2.38 bits per heavy atom. The van der Waals surface area contributed by atoms with E-state index in [-0.39, 0.29) is 39.3 Å². The molecule has 0 aliphatic heterocycles. The van der Waals surface area contributed by atoms with Crippen molar-refractivity contribution in [2.75, 3.05) is 12.4 Å².